The van der Waals surface area contributed by atoms with Gasteiger partial charge in [0.05, 0.1) is 0 Å². The molecule has 122 valence electrons. The van der Waals surface area contributed by atoms with E-state index in [9.17, 15) is 9.59 Å². The quantitative estimate of drug-likeness (QED) is 0.884. The number of nitrogens with zero attached hydrogens (tertiary/aromatic N) is 2. The lowest BCUT2D eigenvalue weighted by Crippen LogP contribution is -2.32. The van der Waals surface area contributed by atoms with Gasteiger partial charge in [0.15, 0.2) is 0 Å². The van der Waals surface area contributed by atoms with Gasteiger partial charge in [-0.3, -0.25) is 9.78 Å². The van der Waals surface area contributed by atoms with Crippen LogP contribution in [0.3, 0.4) is 0 Å². The van der Waals surface area contributed by atoms with Gasteiger partial charge in [-0.15, -0.1) is 0 Å². The average molecular weight is 306 g/mol. The predicted octanol–water partition coefficient (Wildman–Crippen LogP) is 1.64. The smallest absolute Gasteiger partial charge is 0.311 e. The molecule has 0 aliphatic rings. The normalized spacial score (nSPS) is 9.91. The summed E-state index contributed by atoms with van der Waals surface area (Å²) in [6.45, 7) is 8.34. The number of hydrogen-bond donors (Lipinski definition) is 2. The van der Waals surface area contributed by atoms with Crippen LogP contribution in [0.4, 0.5) is 0 Å². The molecule has 0 bridgehead atoms. The Morgan fingerprint density at radius 2 is 1.68 bits per heavy atom. The van der Waals surface area contributed by atoms with Crippen molar-refractivity contribution in [3.8, 4) is 0 Å². The summed E-state index contributed by atoms with van der Waals surface area (Å²) in [4.78, 5) is 22.8. The number of H-pyrrole nitrogens is 1. The third-order valence-electron chi connectivity index (χ3n) is 2.99. The molecule has 1 heterocycles. The summed E-state index contributed by atoms with van der Waals surface area (Å²) >= 11 is 0. The first kappa shape index (κ1) is 19.8. The van der Waals surface area contributed by atoms with Gasteiger partial charge in [-0.1, -0.05) is 44.2 Å². The first-order chi connectivity index (χ1) is 10.4. The van der Waals surface area contributed by atoms with Gasteiger partial charge in [0, 0.05) is 12.6 Å². The lowest BCUT2D eigenvalue weighted by atomic mass is 9.95. The van der Waals surface area contributed by atoms with Crippen molar-refractivity contribution in [3.63, 3.8) is 0 Å². The zero-order chi connectivity index (χ0) is 17.2. The molecule has 0 radical (unpaired) electrons. The van der Waals surface area contributed by atoms with Gasteiger partial charge in [-0.05, 0) is 26.5 Å². The molecule has 1 aromatic carbocycles. The second kappa shape index (κ2) is 9.68. The van der Waals surface area contributed by atoms with Crippen LogP contribution in [-0.4, -0.2) is 21.8 Å². The molecule has 0 amide bonds. The number of aromatic nitrogens is 3. The van der Waals surface area contributed by atoms with Gasteiger partial charge in [0.2, 0.25) is 0 Å². The van der Waals surface area contributed by atoms with E-state index in [0.29, 0.717) is 0 Å². The zero-order valence-corrected chi connectivity index (χ0v) is 14.2. The summed E-state index contributed by atoms with van der Waals surface area (Å²) < 4.78 is 1.04. The first-order valence-corrected chi connectivity index (χ1v) is 7.24. The van der Waals surface area contributed by atoms with Crippen molar-refractivity contribution >= 4 is 0 Å². The Balaban J connectivity index is 0.000000366. The maximum Gasteiger partial charge on any atom is 0.344 e. The fourth-order valence-electron chi connectivity index (χ4n) is 1.41. The van der Waals surface area contributed by atoms with Gasteiger partial charge < -0.3 is 5.32 Å². The molecular formula is C16H26N4O2. The second-order valence-electron chi connectivity index (χ2n) is 4.80. The van der Waals surface area contributed by atoms with Crippen LogP contribution in [0.1, 0.15) is 33.3 Å². The molecule has 6 nitrogen and oxygen atoms in total. The molecule has 0 atom stereocenters. The minimum absolute atomic E-state index is 0.0846. The van der Waals surface area contributed by atoms with Crippen molar-refractivity contribution < 1.29 is 0 Å². The number of nitrogens with one attached hydrogen (secondary N) is 2. The van der Waals surface area contributed by atoms with E-state index in [-0.39, 0.29) is 5.54 Å². The average Bonchev–Trinajstić information content (AvgIpc) is 2.55. The van der Waals surface area contributed by atoms with Crippen LogP contribution < -0.4 is 16.6 Å². The van der Waals surface area contributed by atoms with E-state index in [1.807, 2.05) is 31.9 Å². The van der Waals surface area contributed by atoms with E-state index in [1.54, 1.807) is 0 Å². The molecule has 0 aliphatic heterocycles. The fourth-order valence-corrected chi connectivity index (χ4v) is 1.41. The minimum atomic E-state index is -0.498. The Labute approximate surface area is 131 Å². The molecule has 22 heavy (non-hydrogen) atoms. The minimum Gasteiger partial charge on any atom is -0.311 e. The molecule has 0 fully saturated rings. The zero-order valence-electron chi connectivity index (χ0n) is 14.2. The SMILES string of the molecule is CC.CNC(C)(C)c1ccccc1.Cn1ncc(=O)[nH]c1=O. The van der Waals surface area contributed by atoms with E-state index in [1.165, 1.54) is 12.6 Å². The molecule has 6 heteroatoms. The summed E-state index contributed by atoms with van der Waals surface area (Å²) in [7, 11) is 3.44. The van der Waals surface area contributed by atoms with Crippen molar-refractivity contribution in [2.24, 2.45) is 7.05 Å². The molecular weight excluding hydrogens is 280 g/mol. The molecule has 2 aromatic rings. The maximum absolute atomic E-state index is 10.5. The van der Waals surface area contributed by atoms with Crippen molar-refractivity contribution in [3.05, 3.63) is 62.9 Å². The largest absolute Gasteiger partial charge is 0.344 e. The van der Waals surface area contributed by atoms with E-state index < -0.39 is 11.2 Å². The molecule has 0 unspecified atom stereocenters. The summed E-state index contributed by atoms with van der Waals surface area (Å²) in [5, 5.41) is 6.70. The highest BCUT2D eigenvalue weighted by Gasteiger charge is 2.15. The van der Waals surface area contributed by atoms with Crippen molar-refractivity contribution in [1.29, 1.82) is 0 Å². The number of aromatic amines is 1. The third-order valence-corrected chi connectivity index (χ3v) is 2.99. The van der Waals surface area contributed by atoms with Crippen molar-refractivity contribution in [1.82, 2.24) is 20.1 Å². The van der Waals surface area contributed by atoms with Crippen LogP contribution in [0.5, 0.6) is 0 Å². The standard InChI is InChI=1S/C10H15N.C4H5N3O2.C2H6/c1-10(2,11-3)9-7-5-4-6-8-9;1-7-4(9)6-3(8)2-5-7;1-2/h4-8,11H,1-3H3;2H,1H3,(H,6,8,9);1-2H3. The molecule has 0 aliphatic carbocycles. The van der Waals surface area contributed by atoms with Gasteiger partial charge in [-0.25, -0.2) is 9.48 Å². The summed E-state index contributed by atoms with van der Waals surface area (Å²) in [6, 6.07) is 10.4. The maximum atomic E-state index is 10.5. The highest BCUT2D eigenvalue weighted by atomic mass is 16.2. The van der Waals surface area contributed by atoms with Crippen molar-refractivity contribution in [2.45, 2.75) is 33.2 Å². The monoisotopic (exact) mass is 306 g/mol. The number of benzene rings is 1. The molecule has 1 aromatic heterocycles. The van der Waals surface area contributed by atoms with Gasteiger partial charge in [0.25, 0.3) is 5.56 Å². The highest BCUT2D eigenvalue weighted by Crippen LogP contribution is 2.17. The lowest BCUT2D eigenvalue weighted by molar-refractivity contribution is 0.445. The Bertz CT molecular complexity index is 645. The van der Waals surface area contributed by atoms with Crippen molar-refractivity contribution in [2.75, 3.05) is 7.05 Å². The number of aryl methyl sites for hydroxylation is 1. The van der Waals surface area contributed by atoms with E-state index in [0.717, 1.165) is 10.9 Å². The number of rotatable bonds is 2. The van der Waals surface area contributed by atoms with Crippen LogP contribution in [0, 0.1) is 0 Å². The van der Waals surface area contributed by atoms with Gasteiger partial charge in [-0.2, -0.15) is 5.10 Å². The molecule has 2 N–H and O–H groups in total. The topological polar surface area (TPSA) is 79.8 Å². The highest BCUT2D eigenvalue weighted by molar-refractivity contribution is 5.22. The summed E-state index contributed by atoms with van der Waals surface area (Å²) in [5.74, 6) is 0. The van der Waals surface area contributed by atoms with Crippen LogP contribution in [0.25, 0.3) is 0 Å². The molecule has 0 spiro atoms. The van der Waals surface area contributed by atoms with Crippen LogP contribution in [0.15, 0.2) is 46.1 Å². The third kappa shape index (κ3) is 6.49. The number of hydrogen-bond acceptors (Lipinski definition) is 4. The Morgan fingerprint density at radius 3 is 2.09 bits per heavy atom. The van der Waals surface area contributed by atoms with Gasteiger partial charge >= 0.3 is 5.69 Å². The van der Waals surface area contributed by atoms with E-state index in [4.69, 9.17) is 0 Å². The fraction of sp³-hybridized carbons (Fsp3) is 0.438. The lowest BCUT2D eigenvalue weighted by Gasteiger charge is -2.24. The molecule has 0 saturated heterocycles. The van der Waals surface area contributed by atoms with Crippen LogP contribution >= 0.6 is 0 Å². The Kier molecular flexibility index (Phi) is 8.70. The van der Waals surface area contributed by atoms with Crippen LogP contribution in [0.2, 0.25) is 0 Å². The van der Waals surface area contributed by atoms with Gasteiger partial charge in [0.1, 0.15) is 6.20 Å². The second-order valence-corrected chi connectivity index (χ2v) is 4.80. The summed E-state index contributed by atoms with van der Waals surface area (Å²) in [6.07, 6.45) is 1.04. The molecule has 2 rings (SSSR count). The molecule has 0 saturated carbocycles. The predicted molar refractivity (Wildman–Crippen MR) is 90.0 cm³/mol. The van der Waals surface area contributed by atoms with Crippen LogP contribution in [-0.2, 0) is 12.6 Å². The first-order valence-electron chi connectivity index (χ1n) is 7.24. The summed E-state index contributed by atoms with van der Waals surface area (Å²) in [5.41, 5.74) is 0.435. The van der Waals surface area contributed by atoms with E-state index in [2.05, 4.69) is 48.5 Å². The van der Waals surface area contributed by atoms with E-state index >= 15 is 0 Å². The Morgan fingerprint density at radius 1 is 1.14 bits per heavy atom. The Hall–Kier alpha value is -2.21.